The van der Waals surface area contributed by atoms with Gasteiger partial charge in [-0.3, -0.25) is 4.40 Å². The van der Waals surface area contributed by atoms with E-state index >= 15 is 0 Å². The Hall–Kier alpha value is -3.03. The van der Waals surface area contributed by atoms with E-state index in [2.05, 4.69) is 34.4 Å². The smallest absolute Gasteiger partial charge is 0.252 e. The molecule has 0 saturated carbocycles. The summed E-state index contributed by atoms with van der Waals surface area (Å²) in [5.41, 5.74) is 2.21. The van der Waals surface area contributed by atoms with Crippen LogP contribution in [0, 0.1) is 13.8 Å². The van der Waals surface area contributed by atoms with Crippen molar-refractivity contribution in [1.82, 2.24) is 29.5 Å². The van der Waals surface area contributed by atoms with Crippen LogP contribution in [0.25, 0.3) is 16.9 Å². The normalized spacial score (nSPS) is 16.0. The predicted octanol–water partition coefficient (Wildman–Crippen LogP) is 2.66. The lowest BCUT2D eigenvalue weighted by Crippen LogP contribution is -2.34. The minimum atomic E-state index is 0.390. The van der Waals surface area contributed by atoms with Gasteiger partial charge in [0.2, 0.25) is 0 Å². The van der Waals surface area contributed by atoms with E-state index in [1.165, 1.54) is 0 Å². The lowest BCUT2D eigenvalue weighted by Gasteiger charge is -2.32. The number of pyridine rings is 1. The highest BCUT2D eigenvalue weighted by atomic mass is 16.4. The molecular weight excluding hydrogens is 330 g/mol. The lowest BCUT2D eigenvalue weighted by molar-refractivity contribution is 0.480. The van der Waals surface area contributed by atoms with E-state index in [4.69, 9.17) is 4.42 Å². The highest BCUT2D eigenvalue weighted by Crippen LogP contribution is 2.31. The van der Waals surface area contributed by atoms with Crippen LogP contribution in [-0.4, -0.2) is 42.6 Å². The molecular formula is C18H19N7O. The summed E-state index contributed by atoms with van der Waals surface area (Å²) in [6, 6.07) is 5.99. The number of hydrogen-bond acceptors (Lipinski definition) is 7. The molecule has 0 radical (unpaired) electrons. The molecule has 132 valence electrons. The van der Waals surface area contributed by atoms with Gasteiger partial charge < -0.3 is 9.32 Å². The Morgan fingerprint density at radius 3 is 2.73 bits per heavy atom. The van der Waals surface area contributed by atoms with Gasteiger partial charge in [-0.1, -0.05) is 6.07 Å². The average Bonchev–Trinajstić information content (AvgIpc) is 3.24. The molecule has 4 aromatic heterocycles. The number of anilines is 1. The van der Waals surface area contributed by atoms with Crippen LogP contribution < -0.4 is 4.90 Å². The molecule has 0 N–H and O–H groups in total. The zero-order valence-electron chi connectivity index (χ0n) is 14.8. The maximum Gasteiger partial charge on any atom is 0.252 e. The largest absolute Gasteiger partial charge is 0.422 e. The first-order chi connectivity index (χ1) is 12.7. The van der Waals surface area contributed by atoms with E-state index < -0.39 is 0 Å². The van der Waals surface area contributed by atoms with E-state index in [1.807, 2.05) is 38.2 Å². The molecule has 1 aliphatic rings. The third-order valence-electron chi connectivity index (χ3n) is 4.96. The van der Waals surface area contributed by atoms with Crippen molar-refractivity contribution in [3.05, 3.63) is 41.9 Å². The molecule has 4 aromatic rings. The molecule has 0 aromatic carbocycles. The van der Waals surface area contributed by atoms with Gasteiger partial charge in [0.1, 0.15) is 11.6 Å². The molecule has 0 atom stereocenters. The minimum Gasteiger partial charge on any atom is -0.422 e. The summed E-state index contributed by atoms with van der Waals surface area (Å²) >= 11 is 0. The van der Waals surface area contributed by atoms with Crippen molar-refractivity contribution in [2.45, 2.75) is 32.6 Å². The molecule has 8 heteroatoms. The Kier molecular flexibility index (Phi) is 3.37. The molecule has 0 amide bonds. The maximum atomic E-state index is 5.60. The highest BCUT2D eigenvalue weighted by molar-refractivity contribution is 5.82. The van der Waals surface area contributed by atoms with Gasteiger partial charge in [-0.15, -0.1) is 10.2 Å². The summed E-state index contributed by atoms with van der Waals surface area (Å²) < 4.78 is 7.69. The average molecular weight is 349 g/mol. The molecule has 1 fully saturated rings. The SMILES string of the molecule is Cc1nc(N2CCC(c3nnc4ccccn34)CC2)c2nc(C)oc2n1. The van der Waals surface area contributed by atoms with Crippen LogP contribution in [0.15, 0.2) is 28.8 Å². The summed E-state index contributed by atoms with van der Waals surface area (Å²) in [7, 11) is 0. The second-order valence-corrected chi connectivity index (χ2v) is 6.73. The first-order valence-electron chi connectivity index (χ1n) is 8.85. The summed E-state index contributed by atoms with van der Waals surface area (Å²) in [5, 5.41) is 8.71. The number of nitrogens with zero attached hydrogens (tertiary/aromatic N) is 7. The summed E-state index contributed by atoms with van der Waals surface area (Å²) in [6.45, 7) is 5.51. The standard InChI is InChI=1S/C18H19N7O/c1-11-19-17(15-18(20-11)26-12(2)21-15)24-9-6-13(7-10-24)16-23-22-14-5-3-4-8-25(14)16/h3-5,8,13H,6-7,9-10H2,1-2H3. The molecule has 1 saturated heterocycles. The van der Waals surface area contributed by atoms with Gasteiger partial charge in [-0.25, -0.2) is 9.97 Å². The molecule has 8 nitrogen and oxygen atoms in total. The van der Waals surface area contributed by atoms with Gasteiger partial charge in [0.15, 0.2) is 22.9 Å². The van der Waals surface area contributed by atoms with Crippen molar-refractivity contribution >= 4 is 22.7 Å². The highest BCUT2D eigenvalue weighted by Gasteiger charge is 2.27. The van der Waals surface area contributed by atoms with Gasteiger partial charge >= 0.3 is 0 Å². The van der Waals surface area contributed by atoms with Gasteiger partial charge in [0.05, 0.1) is 0 Å². The Morgan fingerprint density at radius 2 is 1.88 bits per heavy atom. The molecule has 0 bridgehead atoms. The van der Waals surface area contributed by atoms with Gasteiger partial charge in [0, 0.05) is 32.1 Å². The number of piperidine rings is 1. The van der Waals surface area contributed by atoms with E-state index in [9.17, 15) is 0 Å². The molecule has 5 rings (SSSR count). The quantitative estimate of drug-likeness (QED) is 0.550. The molecule has 1 aliphatic heterocycles. The van der Waals surface area contributed by atoms with Crippen LogP contribution in [0.2, 0.25) is 0 Å². The summed E-state index contributed by atoms with van der Waals surface area (Å²) in [6.07, 6.45) is 4.03. The van der Waals surface area contributed by atoms with Crippen LogP contribution in [0.5, 0.6) is 0 Å². The van der Waals surface area contributed by atoms with E-state index in [1.54, 1.807) is 0 Å². The number of aryl methyl sites for hydroxylation is 2. The van der Waals surface area contributed by atoms with Gasteiger partial charge in [0.25, 0.3) is 5.71 Å². The number of hydrogen-bond donors (Lipinski definition) is 0. The lowest BCUT2D eigenvalue weighted by atomic mass is 9.96. The number of fused-ring (bicyclic) bond motifs is 2. The van der Waals surface area contributed by atoms with Crippen LogP contribution in [0.1, 0.15) is 36.3 Å². The van der Waals surface area contributed by atoms with Crippen molar-refractivity contribution in [2.75, 3.05) is 18.0 Å². The first kappa shape index (κ1) is 15.2. The van der Waals surface area contributed by atoms with E-state index in [0.717, 1.165) is 48.7 Å². The van der Waals surface area contributed by atoms with Gasteiger partial charge in [-0.2, -0.15) is 4.98 Å². The fourth-order valence-electron chi connectivity index (χ4n) is 3.72. The van der Waals surface area contributed by atoms with Crippen molar-refractivity contribution in [2.24, 2.45) is 0 Å². The molecule has 0 unspecified atom stereocenters. The number of aromatic nitrogens is 6. The first-order valence-corrected chi connectivity index (χ1v) is 8.85. The number of oxazole rings is 1. The summed E-state index contributed by atoms with van der Waals surface area (Å²) in [5.74, 6) is 3.62. The predicted molar refractivity (Wildman–Crippen MR) is 96.2 cm³/mol. The van der Waals surface area contributed by atoms with Crippen LogP contribution >= 0.6 is 0 Å². The monoisotopic (exact) mass is 349 g/mol. The van der Waals surface area contributed by atoms with Crippen molar-refractivity contribution in [1.29, 1.82) is 0 Å². The minimum absolute atomic E-state index is 0.390. The Balaban J connectivity index is 1.42. The fraction of sp³-hybridized carbons (Fsp3) is 0.389. The van der Waals surface area contributed by atoms with Crippen LogP contribution in [0.4, 0.5) is 5.82 Å². The van der Waals surface area contributed by atoms with E-state index in [0.29, 0.717) is 23.3 Å². The summed E-state index contributed by atoms with van der Waals surface area (Å²) in [4.78, 5) is 15.7. The molecule has 0 aliphatic carbocycles. The third-order valence-corrected chi connectivity index (χ3v) is 4.96. The van der Waals surface area contributed by atoms with E-state index in [-0.39, 0.29) is 0 Å². The second-order valence-electron chi connectivity index (χ2n) is 6.73. The van der Waals surface area contributed by atoms with Crippen molar-refractivity contribution < 1.29 is 4.42 Å². The molecule has 0 spiro atoms. The fourth-order valence-corrected chi connectivity index (χ4v) is 3.72. The van der Waals surface area contributed by atoms with Crippen molar-refractivity contribution in [3.63, 3.8) is 0 Å². The topological polar surface area (TPSA) is 85.2 Å². The molecule has 5 heterocycles. The van der Waals surface area contributed by atoms with Crippen LogP contribution in [0.3, 0.4) is 0 Å². The third kappa shape index (κ3) is 2.40. The van der Waals surface area contributed by atoms with Crippen LogP contribution in [-0.2, 0) is 0 Å². The maximum absolute atomic E-state index is 5.60. The Morgan fingerprint density at radius 1 is 1.04 bits per heavy atom. The number of rotatable bonds is 2. The Bertz CT molecular complexity index is 1090. The zero-order valence-corrected chi connectivity index (χ0v) is 14.8. The zero-order chi connectivity index (χ0) is 17.7. The van der Waals surface area contributed by atoms with Gasteiger partial charge in [-0.05, 0) is 31.9 Å². The second kappa shape index (κ2) is 5.76. The van der Waals surface area contributed by atoms with Crippen molar-refractivity contribution in [3.8, 4) is 0 Å². The molecule has 26 heavy (non-hydrogen) atoms. The Labute approximate surface area is 149 Å².